The van der Waals surface area contributed by atoms with Crippen LogP contribution in [0.2, 0.25) is 0 Å². The number of thiophene rings is 1. The molecule has 2 heterocycles. The first-order valence-corrected chi connectivity index (χ1v) is 11.9. The van der Waals surface area contributed by atoms with Crippen LogP contribution in [-0.4, -0.2) is 40.7 Å². The number of rotatable bonds is 8. The lowest BCUT2D eigenvalue weighted by Gasteiger charge is -2.27. The minimum absolute atomic E-state index is 0.0506. The highest BCUT2D eigenvalue weighted by atomic mass is 32.1. The molecule has 0 saturated heterocycles. The number of carbonyl (C=O) groups is 5. The molecule has 0 spiro atoms. The van der Waals surface area contributed by atoms with Gasteiger partial charge in [-0.15, -0.1) is 11.3 Å². The van der Waals surface area contributed by atoms with Crippen molar-refractivity contribution in [2.75, 3.05) is 11.9 Å². The van der Waals surface area contributed by atoms with E-state index in [0.29, 0.717) is 37.5 Å². The van der Waals surface area contributed by atoms with Crippen molar-refractivity contribution in [1.82, 2.24) is 4.90 Å². The number of nitrogens with one attached hydrogen (secondary N) is 1. The molecule has 34 heavy (non-hydrogen) atoms. The summed E-state index contributed by atoms with van der Waals surface area (Å²) in [6, 6.07) is 10.7. The molecule has 1 N–H and O–H groups in total. The van der Waals surface area contributed by atoms with Gasteiger partial charge in [0.1, 0.15) is 5.00 Å². The highest BCUT2D eigenvalue weighted by molar-refractivity contribution is 7.18. The molecular weight excluding hydrogens is 452 g/mol. The van der Waals surface area contributed by atoms with Crippen LogP contribution >= 0.6 is 11.3 Å². The zero-order valence-electron chi connectivity index (χ0n) is 19.2. The molecule has 0 fully saturated rings. The average Bonchev–Trinajstić information content (AvgIpc) is 3.14. The van der Waals surface area contributed by atoms with E-state index in [1.807, 2.05) is 12.1 Å². The van der Waals surface area contributed by atoms with Crippen molar-refractivity contribution in [3.63, 3.8) is 0 Å². The van der Waals surface area contributed by atoms with Crippen molar-refractivity contribution in [2.45, 2.75) is 40.0 Å². The van der Waals surface area contributed by atoms with Crippen LogP contribution in [0.25, 0.3) is 10.8 Å². The summed E-state index contributed by atoms with van der Waals surface area (Å²) in [6.07, 6.45) is 0.572. The van der Waals surface area contributed by atoms with Crippen molar-refractivity contribution >= 4 is 56.4 Å². The number of benzene rings is 2. The van der Waals surface area contributed by atoms with Crippen molar-refractivity contribution in [3.8, 4) is 0 Å². The molecule has 1 aliphatic rings. The lowest BCUT2D eigenvalue weighted by molar-refractivity contribution is -0.116. The van der Waals surface area contributed by atoms with Crippen LogP contribution in [0.1, 0.15) is 79.4 Å². The lowest BCUT2D eigenvalue weighted by Crippen LogP contribution is -2.41. The van der Waals surface area contributed by atoms with Crippen LogP contribution in [0, 0.1) is 6.92 Å². The van der Waals surface area contributed by atoms with Gasteiger partial charge in [-0.2, -0.15) is 0 Å². The SMILES string of the molecule is CCC(=O)c1c(NC(=O)CCCN2C(=O)c3cccc4cccc(c34)C2=O)sc(C(C)=O)c1C. The van der Waals surface area contributed by atoms with Crippen molar-refractivity contribution in [3.05, 3.63) is 63.5 Å². The third-order valence-corrected chi connectivity index (χ3v) is 7.27. The average molecular weight is 477 g/mol. The van der Waals surface area contributed by atoms with Crippen molar-refractivity contribution in [1.29, 1.82) is 0 Å². The van der Waals surface area contributed by atoms with Crippen LogP contribution in [0.15, 0.2) is 36.4 Å². The number of hydrogen-bond donors (Lipinski definition) is 1. The first kappa shape index (κ1) is 23.5. The predicted octanol–water partition coefficient (Wildman–Crippen LogP) is 5.02. The first-order chi connectivity index (χ1) is 16.2. The number of ketones is 2. The first-order valence-electron chi connectivity index (χ1n) is 11.1. The Labute approximate surface area is 200 Å². The summed E-state index contributed by atoms with van der Waals surface area (Å²) in [5.74, 6) is -1.39. The molecule has 1 aliphatic heterocycles. The van der Waals surface area contributed by atoms with E-state index in [1.54, 1.807) is 38.1 Å². The molecule has 0 radical (unpaired) electrons. The van der Waals surface area contributed by atoms with Gasteiger partial charge in [0, 0.05) is 35.9 Å². The van der Waals surface area contributed by atoms with Gasteiger partial charge in [0.2, 0.25) is 5.91 Å². The molecule has 0 aliphatic carbocycles. The Morgan fingerprint density at radius 1 is 1.00 bits per heavy atom. The minimum atomic E-state index is -0.370. The van der Waals surface area contributed by atoms with Gasteiger partial charge in [-0.3, -0.25) is 28.9 Å². The minimum Gasteiger partial charge on any atom is -0.317 e. The number of carbonyl (C=O) groups excluding carboxylic acids is 5. The fourth-order valence-corrected chi connectivity index (χ4v) is 5.46. The predicted molar refractivity (Wildman–Crippen MR) is 131 cm³/mol. The molecule has 0 saturated carbocycles. The zero-order valence-corrected chi connectivity index (χ0v) is 20.0. The zero-order chi connectivity index (χ0) is 24.6. The normalized spacial score (nSPS) is 12.9. The van der Waals surface area contributed by atoms with Gasteiger partial charge in [0.05, 0.1) is 10.4 Å². The van der Waals surface area contributed by atoms with E-state index in [4.69, 9.17) is 0 Å². The summed E-state index contributed by atoms with van der Waals surface area (Å²) in [5, 5.41) is 4.62. The quantitative estimate of drug-likeness (QED) is 0.363. The lowest BCUT2D eigenvalue weighted by atomic mass is 9.94. The smallest absolute Gasteiger partial charge is 0.261 e. The number of anilines is 1. The molecule has 8 heteroatoms. The Balaban J connectivity index is 1.46. The van der Waals surface area contributed by atoms with Crippen LogP contribution in [0.3, 0.4) is 0 Å². The van der Waals surface area contributed by atoms with E-state index < -0.39 is 0 Å². The Morgan fingerprint density at radius 2 is 1.62 bits per heavy atom. The summed E-state index contributed by atoms with van der Waals surface area (Å²) < 4.78 is 0. The van der Waals surface area contributed by atoms with Crippen LogP contribution < -0.4 is 5.32 Å². The second-order valence-corrected chi connectivity index (χ2v) is 9.24. The summed E-state index contributed by atoms with van der Waals surface area (Å²) in [4.78, 5) is 64.5. The van der Waals surface area contributed by atoms with E-state index in [1.165, 1.54) is 11.8 Å². The highest BCUT2D eigenvalue weighted by Gasteiger charge is 2.32. The summed E-state index contributed by atoms with van der Waals surface area (Å²) in [6.45, 7) is 4.95. The molecule has 0 atom stereocenters. The summed E-state index contributed by atoms with van der Waals surface area (Å²) in [5.41, 5.74) is 1.91. The van der Waals surface area contributed by atoms with Gasteiger partial charge >= 0.3 is 0 Å². The van der Waals surface area contributed by atoms with E-state index in [0.717, 1.165) is 16.7 Å². The van der Waals surface area contributed by atoms with E-state index in [2.05, 4.69) is 5.32 Å². The van der Waals surface area contributed by atoms with Gasteiger partial charge in [-0.05, 0) is 43.4 Å². The van der Waals surface area contributed by atoms with Gasteiger partial charge in [-0.25, -0.2) is 0 Å². The van der Waals surface area contributed by atoms with Gasteiger partial charge < -0.3 is 5.32 Å². The fourth-order valence-electron chi connectivity index (χ4n) is 4.32. The monoisotopic (exact) mass is 476 g/mol. The number of imide groups is 1. The maximum Gasteiger partial charge on any atom is 0.261 e. The molecule has 7 nitrogen and oxygen atoms in total. The maximum absolute atomic E-state index is 13.0. The maximum atomic E-state index is 13.0. The second kappa shape index (κ2) is 9.30. The Hall–Kier alpha value is -3.65. The summed E-state index contributed by atoms with van der Waals surface area (Å²) in [7, 11) is 0. The largest absolute Gasteiger partial charge is 0.317 e. The van der Waals surface area contributed by atoms with E-state index >= 15 is 0 Å². The van der Waals surface area contributed by atoms with E-state index in [9.17, 15) is 24.0 Å². The Kier molecular flexibility index (Phi) is 6.43. The standard InChI is InChI=1S/C26H24N2O5S/c1-4-19(30)21-14(2)23(15(3)29)34-24(21)27-20(31)12-7-13-28-25(32)17-10-5-8-16-9-6-11-18(22(16)17)26(28)33/h5-6,8-11H,4,7,12-13H2,1-3H3,(H,27,31). The Bertz CT molecular complexity index is 1320. The molecule has 0 unspecified atom stereocenters. The highest BCUT2D eigenvalue weighted by Crippen LogP contribution is 2.35. The number of amides is 3. The molecule has 3 amide bonds. The molecule has 0 bridgehead atoms. The third kappa shape index (κ3) is 4.05. The second-order valence-electron chi connectivity index (χ2n) is 8.22. The topological polar surface area (TPSA) is 101 Å². The van der Waals surface area contributed by atoms with Crippen LogP contribution in [0.5, 0.6) is 0 Å². The molecule has 2 aromatic carbocycles. The third-order valence-electron chi connectivity index (χ3n) is 5.96. The Morgan fingerprint density at radius 3 is 2.18 bits per heavy atom. The van der Waals surface area contributed by atoms with E-state index in [-0.39, 0.29) is 55.1 Å². The molecule has 174 valence electrons. The van der Waals surface area contributed by atoms with Gasteiger partial charge in [0.25, 0.3) is 11.8 Å². The number of Topliss-reactive ketones (excluding diaryl/α,β-unsaturated/α-hetero) is 2. The molecular formula is C26H24N2O5S. The molecule has 1 aromatic heterocycles. The number of hydrogen-bond acceptors (Lipinski definition) is 6. The fraction of sp³-hybridized carbons (Fsp3) is 0.269. The van der Waals surface area contributed by atoms with Crippen molar-refractivity contribution < 1.29 is 24.0 Å². The van der Waals surface area contributed by atoms with Crippen molar-refractivity contribution in [2.24, 2.45) is 0 Å². The molecule has 4 rings (SSSR count). The summed E-state index contributed by atoms with van der Waals surface area (Å²) >= 11 is 1.10. The molecule has 3 aromatic rings. The van der Waals surface area contributed by atoms with Gasteiger partial charge in [0.15, 0.2) is 11.6 Å². The number of nitrogens with zero attached hydrogens (tertiary/aromatic N) is 1. The van der Waals surface area contributed by atoms with Crippen LogP contribution in [0.4, 0.5) is 5.00 Å². The van der Waals surface area contributed by atoms with Crippen LogP contribution in [-0.2, 0) is 4.79 Å². The van der Waals surface area contributed by atoms with Gasteiger partial charge in [-0.1, -0.05) is 31.2 Å².